The molecule has 21 heavy (non-hydrogen) atoms. The third-order valence-corrected chi connectivity index (χ3v) is 3.86. The molecule has 1 aromatic carbocycles. The van der Waals surface area contributed by atoms with Crippen LogP contribution in [0, 0.1) is 0 Å². The molecule has 0 aliphatic rings. The van der Waals surface area contributed by atoms with Gasteiger partial charge in [0.1, 0.15) is 5.54 Å². The van der Waals surface area contributed by atoms with E-state index in [-0.39, 0.29) is 5.97 Å². The summed E-state index contributed by atoms with van der Waals surface area (Å²) in [5, 5.41) is 0. The molecule has 1 atom stereocenters. The van der Waals surface area contributed by atoms with Crippen molar-refractivity contribution in [2.45, 2.75) is 45.7 Å². The van der Waals surface area contributed by atoms with E-state index in [0.29, 0.717) is 19.1 Å². The Morgan fingerprint density at radius 2 is 1.90 bits per heavy atom. The second-order valence-corrected chi connectivity index (χ2v) is 5.53. The number of hydrogen-bond acceptors (Lipinski definition) is 4. The number of rotatable bonds is 8. The maximum Gasteiger partial charge on any atom is 0.330 e. The minimum atomic E-state index is -1.08. The number of carbonyl (C=O) groups excluding carboxylic acids is 1. The summed E-state index contributed by atoms with van der Waals surface area (Å²) in [5.74, 6) is -0.351. The van der Waals surface area contributed by atoms with Crippen LogP contribution in [-0.2, 0) is 15.1 Å². The van der Waals surface area contributed by atoms with Crippen molar-refractivity contribution in [3.05, 3.63) is 35.9 Å². The molecule has 0 saturated heterocycles. The lowest BCUT2D eigenvalue weighted by atomic mass is 9.87. The van der Waals surface area contributed by atoms with Crippen molar-refractivity contribution in [1.29, 1.82) is 0 Å². The zero-order chi connectivity index (χ0) is 15.9. The van der Waals surface area contributed by atoms with Crippen molar-refractivity contribution in [3.63, 3.8) is 0 Å². The Kier molecular flexibility index (Phi) is 6.85. The highest BCUT2D eigenvalue weighted by atomic mass is 16.5. The van der Waals surface area contributed by atoms with Gasteiger partial charge in [0.2, 0.25) is 0 Å². The molecule has 0 aromatic heterocycles. The summed E-state index contributed by atoms with van der Waals surface area (Å²) >= 11 is 0. The molecule has 0 aliphatic carbocycles. The molecular weight excluding hydrogens is 264 g/mol. The Bertz CT molecular complexity index is 434. The molecule has 0 fully saturated rings. The van der Waals surface area contributed by atoms with E-state index in [1.807, 2.05) is 30.3 Å². The van der Waals surface area contributed by atoms with E-state index in [9.17, 15) is 4.79 Å². The topological polar surface area (TPSA) is 55.6 Å². The molecule has 0 bridgehead atoms. The Morgan fingerprint density at radius 3 is 2.38 bits per heavy atom. The largest absolute Gasteiger partial charge is 0.464 e. The van der Waals surface area contributed by atoms with Gasteiger partial charge in [-0.1, -0.05) is 37.3 Å². The fourth-order valence-corrected chi connectivity index (χ4v) is 2.46. The fourth-order valence-electron chi connectivity index (χ4n) is 2.46. The zero-order valence-electron chi connectivity index (χ0n) is 13.6. The third-order valence-electron chi connectivity index (χ3n) is 3.86. The molecule has 4 nitrogen and oxygen atoms in total. The number of carbonyl (C=O) groups is 1. The van der Waals surface area contributed by atoms with Gasteiger partial charge in [-0.05, 0) is 39.3 Å². The van der Waals surface area contributed by atoms with Gasteiger partial charge in [0.05, 0.1) is 6.61 Å². The second kappa shape index (κ2) is 8.15. The molecule has 4 heteroatoms. The van der Waals surface area contributed by atoms with Crippen LogP contribution in [0.4, 0.5) is 0 Å². The van der Waals surface area contributed by atoms with Gasteiger partial charge >= 0.3 is 5.97 Å². The third kappa shape index (κ3) is 4.55. The highest BCUT2D eigenvalue weighted by molar-refractivity contribution is 5.82. The molecule has 118 valence electrons. The zero-order valence-corrected chi connectivity index (χ0v) is 13.6. The Balaban J connectivity index is 2.95. The van der Waals surface area contributed by atoms with Crippen molar-refractivity contribution in [3.8, 4) is 0 Å². The average molecular weight is 292 g/mol. The first kappa shape index (κ1) is 17.7. The lowest BCUT2D eigenvalue weighted by Crippen LogP contribution is -2.49. The molecule has 0 saturated carbocycles. The van der Waals surface area contributed by atoms with Gasteiger partial charge in [-0.15, -0.1) is 0 Å². The van der Waals surface area contributed by atoms with E-state index in [0.717, 1.165) is 18.7 Å². The van der Waals surface area contributed by atoms with Crippen LogP contribution < -0.4 is 5.73 Å². The summed E-state index contributed by atoms with van der Waals surface area (Å²) in [6.07, 6.45) is 0.544. The summed E-state index contributed by atoms with van der Waals surface area (Å²) in [7, 11) is 0. The van der Waals surface area contributed by atoms with Gasteiger partial charge in [-0.25, -0.2) is 4.79 Å². The highest BCUT2D eigenvalue weighted by Crippen LogP contribution is 2.24. The minimum absolute atomic E-state index is 0.340. The van der Waals surface area contributed by atoms with Gasteiger partial charge in [0.15, 0.2) is 0 Å². The lowest BCUT2D eigenvalue weighted by Gasteiger charge is -2.32. The Labute approximate surface area is 128 Å². The van der Waals surface area contributed by atoms with Crippen LogP contribution in [0.1, 0.15) is 39.7 Å². The van der Waals surface area contributed by atoms with Crippen molar-refractivity contribution in [1.82, 2.24) is 4.90 Å². The first-order valence-electron chi connectivity index (χ1n) is 7.71. The predicted octanol–water partition coefficient (Wildman–Crippen LogP) is 2.52. The molecular formula is C17H28N2O2. The first-order valence-corrected chi connectivity index (χ1v) is 7.71. The number of hydrogen-bond donors (Lipinski definition) is 1. The quantitative estimate of drug-likeness (QED) is 0.748. The van der Waals surface area contributed by atoms with Crippen molar-refractivity contribution < 1.29 is 9.53 Å². The number of ether oxygens (including phenoxy) is 1. The predicted molar refractivity (Wildman–Crippen MR) is 85.9 cm³/mol. The molecule has 2 N–H and O–H groups in total. The summed E-state index contributed by atoms with van der Waals surface area (Å²) in [6.45, 7) is 10.3. The summed E-state index contributed by atoms with van der Waals surface area (Å²) in [4.78, 5) is 14.7. The molecule has 0 amide bonds. The summed E-state index contributed by atoms with van der Waals surface area (Å²) in [5.41, 5.74) is 6.18. The molecule has 1 unspecified atom stereocenters. The van der Waals surface area contributed by atoms with E-state index in [1.54, 1.807) is 6.92 Å². The van der Waals surface area contributed by atoms with Crippen LogP contribution in [0.5, 0.6) is 0 Å². The number of esters is 1. The standard InChI is InChI=1S/C17H28N2O2/c1-5-19(14(3)4)13-12-17(18,16(20)21-6-2)15-10-8-7-9-11-15/h7-11,14H,5-6,12-13,18H2,1-4H3. The van der Waals surface area contributed by atoms with Crippen LogP contribution >= 0.6 is 0 Å². The smallest absolute Gasteiger partial charge is 0.330 e. The van der Waals surface area contributed by atoms with Gasteiger partial charge in [0.25, 0.3) is 0 Å². The maximum atomic E-state index is 12.4. The van der Waals surface area contributed by atoms with E-state index >= 15 is 0 Å². The van der Waals surface area contributed by atoms with Gasteiger partial charge in [-0.3, -0.25) is 0 Å². The summed E-state index contributed by atoms with van der Waals surface area (Å²) in [6, 6.07) is 9.93. The number of nitrogens with zero attached hydrogens (tertiary/aromatic N) is 1. The monoisotopic (exact) mass is 292 g/mol. The molecule has 1 aromatic rings. The maximum absolute atomic E-state index is 12.4. The molecule has 0 aliphatic heterocycles. The molecule has 1 rings (SSSR count). The first-order chi connectivity index (χ1) is 9.95. The van der Waals surface area contributed by atoms with E-state index in [4.69, 9.17) is 10.5 Å². The highest BCUT2D eigenvalue weighted by Gasteiger charge is 2.37. The number of benzene rings is 1. The van der Waals surface area contributed by atoms with Crippen LogP contribution in [0.15, 0.2) is 30.3 Å². The molecule has 0 radical (unpaired) electrons. The average Bonchev–Trinajstić information content (AvgIpc) is 2.48. The van der Waals surface area contributed by atoms with E-state index in [1.165, 1.54) is 0 Å². The van der Waals surface area contributed by atoms with Gasteiger partial charge in [-0.2, -0.15) is 0 Å². The van der Waals surface area contributed by atoms with Crippen molar-refractivity contribution in [2.24, 2.45) is 5.73 Å². The van der Waals surface area contributed by atoms with Crippen molar-refractivity contribution >= 4 is 5.97 Å². The molecule has 0 heterocycles. The van der Waals surface area contributed by atoms with Crippen LogP contribution in [0.25, 0.3) is 0 Å². The van der Waals surface area contributed by atoms with Crippen LogP contribution in [-0.4, -0.2) is 36.6 Å². The number of nitrogens with two attached hydrogens (primary N) is 1. The summed E-state index contributed by atoms with van der Waals surface area (Å²) < 4.78 is 5.21. The van der Waals surface area contributed by atoms with Crippen molar-refractivity contribution in [2.75, 3.05) is 19.7 Å². The van der Waals surface area contributed by atoms with Crippen LogP contribution in [0.2, 0.25) is 0 Å². The fraction of sp³-hybridized carbons (Fsp3) is 0.588. The SMILES string of the molecule is CCOC(=O)C(N)(CCN(CC)C(C)C)c1ccccc1. The van der Waals surface area contributed by atoms with Crippen LogP contribution in [0.3, 0.4) is 0 Å². The van der Waals surface area contributed by atoms with Gasteiger partial charge in [0, 0.05) is 12.6 Å². The van der Waals surface area contributed by atoms with E-state index in [2.05, 4.69) is 25.7 Å². The Morgan fingerprint density at radius 1 is 1.29 bits per heavy atom. The Hall–Kier alpha value is -1.39. The second-order valence-electron chi connectivity index (χ2n) is 5.53. The molecule has 0 spiro atoms. The normalized spacial score (nSPS) is 14.2. The minimum Gasteiger partial charge on any atom is -0.464 e. The van der Waals surface area contributed by atoms with E-state index < -0.39 is 5.54 Å². The van der Waals surface area contributed by atoms with Gasteiger partial charge < -0.3 is 15.4 Å². The lowest BCUT2D eigenvalue weighted by molar-refractivity contribution is -0.150.